The highest BCUT2D eigenvalue weighted by Crippen LogP contribution is 2.21. The summed E-state index contributed by atoms with van der Waals surface area (Å²) in [5, 5.41) is 11.2. The number of nitrogens with one attached hydrogen (secondary N) is 2. The van der Waals surface area contributed by atoms with Gasteiger partial charge in [-0.15, -0.1) is 0 Å². The van der Waals surface area contributed by atoms with E-state index in [1.165, 1.54) is 12.1 Å². The Morgan fingerprint density at radius 3 is 2.88 bits per heavy atom. The Kier molecular flexibility index (Phi) is 5.46. The Hall–Kier alpha value is -2.54. The Bertz CT molecular complexity index is 809. The minimum Gasteiger partial charge on any atom is -0.383 e. The average molecular weight is 359 g/mol. The fourth-order valence-electron chi connectivity index (χ4n) is 3.30. The van der Waals surface area contributed by atoms with Crippen molar-refractivity contribution in [2.24, 2.45) is 0 Å². The molecular weight excluding hydrogens is 336 g/mol. The molecule has 0 amide bonds. The van der Waals surface area contributed by atoms with Gasteiger partial charge < -0.3 is 16.5 Å². The molecule has 1 saturated heterocycles. The number of benzene rings is 1. The molecule has 138 valence electrons. The summed E-state index contributed by atoms with van der Waals surface area (Å²) < 4.78 is 26.5. The number of halogens is 2. The van der Waals surface area contributed by atoms with Gasteiger partial charge in [0.1, 0.15) is 5.82 Å². The van der Waals surface area contributed by atoms with Crippen LogP contribution in [0.4, 0.5) is 20.3 Å². The number of piperidine rings is 1. The maximum Gasteiger partial charge on any atom is 0.159 e. The van der Waals surface area contributed by atoms with Gasteiger partial charge in [-0.1, -0.05) is 6.07 Å². The topological polar surface area (TPSA) is 78.0 Å². The molecule has 7 heteroatoms. The highest BCUT2D eigenvalue weighted by Gasteiger charge is 2.20. The molecule has 1 unspecified atom stereocenters. The van der Waals surface area contributed by atoms with Crippen molar-refractivity contribution in [1.82, 2.24) is 9.88 Å². The Morgan fingerprint density at radius 1 is 1.35 bits per heavy atom. The third-order valence-corrected chi connectivity index (χ3v) is 4.59. The third-order valence-electron chi connectivity index (χ3n) is 4.59. The summed E-state index contributed by atoms with van der Waals surface area (Å²) >= 11 is 0. The molecule has 2 aromatic rings. The second-order valence-electron chi connectivity index (χ2n) is 6.75. The summed E-state index contributed by atoms with van der Waals surface area (Å²) in [6, 6.07) is 6.12. The van der Waals surface area contributed by atoms with Crippen molar-refractivity contribution >= 4 is 17.2 Å². The van der Waals surface area contributed by atoms with Crippen LogP contribution in [0.3, 0.4) is 0 Å². The van der Waals surface area contributed by atoms with E-state index >= 15 is 0 Å². The summed E-state index contributed by atoms with van der Waals surface area (Å²) in [5.41, 5.74) is 8.41. The minimum atomic E-state index is -0.819. The summed E-state index contributed by atoms with van der Waals surface area (Å²) in [6.07, 6.45) is 3.70. The zero-order valence-electron chi connectivity index (χ0n) is 14.7. The molecule has 4 N–H and O–H groups in total. The summed E-state index contributed by atoms with van der Waals surface area (Å²) in [7, 11) is 0. The lowest BCUT2D eigenvalue weighted by Crippen LogP contribution is -2.41. The van der Waals surface area contributed by atoms with Gasteiger partial charge in [0.05, 0.1) is 11.9 Å². The molecule has 3 rings (SSSR count). The number of hydrogen-bond donors (Lipinski definition) is 3. The van der Waals surface area contributed by atoms with E-state index in [4.69, 9.17) is 11.1 Å². The number of nitrogens with zero attached hydrogens (tertiary/aromatic N) is 2. The van der Waals surface area contributed by atoms with Gasteiger partial charge in [0.15, 0.2) is 11.6 Å². The second-order valence-corrected chi connectivity index (χ2v) is 6.75. The van der Waals surface area contributed by atoms with Crippen LogP contribution < -0.4 is 11.1 Å². The van der Waals surface area contributed by atoms with Crippen LogP contribution in [0.5, 0.6) is 0 Å². The van der Waals surface area contributed by atoms with Crippen molar-refractivity contribution in [2.75, 3.05) is 24.1 Å². The molecule has 1 aromatic heterocycles. The van der Waals surface area contributed by atoms with Gasteiger partial charge in [-0.05, 0) is 50.1 Å². The first-order valence-electron chi connectivity index (χ1n) is 8.66. The molecule has 0 aliphatic carbocycles. The van der Waals surface area contributed by atoms with Crippen molar-refractivity contribution in [2.45, 2.75) is 32.4 Å². The molecule has 26 heavy (non-hydrogen) atoms. The quantitative estimate of drug-likeness (QED) is 0.715. The normalized spacial score (nSPS) is 17.9. The minimum absolute atomic E-state index is 0.221. The van der Waals surface area contributed by atoms with E-state index in [-0.39, 0.29) is 6.04 Å². The van der Waals surface area contributed by atoms with Crippen LogP contribution in [0.1, 0.15) is 30.9 Å². The Morgan fingerprint density at radius 2 is 2.15 bits per heavy atom. The molecule has 0 bridgehead atoms. The van der Waals surface area contributed by atoms with Crippen molar-refractivity contribution in [3.8, 4) is 0 Å². The van der Waals surface area contributed by atoms with Crippen molar-refractivity contribution in [3.63, 3.8) is 0 Å². The molecule has 2 heterocycles. The number of nitrogen functional groups attached to an aromatic ring is 1. The smallest absolute Gasteiger partial charge is 0.159 e. The van der Waals surface area contributed by atoms with Crippen molar-refractivity contribution < 1.29 is 8.78 Å². The SMILES string of the molecule is CC(=N)c1cc(NC2CCCN(Cc3ccc(F)c(F)c3)C2)cnc1N. The van der Waals surface area contributed by atoms with Gasteiger partial charge in [0, 0.05) is 30.4 Å². The van der Waals surface area contributed by atoms with Gasteiger partial charge >= 0.3 is 0 Å². The molecule has 5 nitrogen and oxygen atoms in total. The van der Waals surface area contributed by atoms with Gasteiger partial charge in [0.25, 0.3) is 0 Å². The fourth-order valence-corrected chi connectivity index (χ4v) is 3.30. The van der Waals surface area contributed by atoms with E-state index in [0.29, 0.717) is 23.6 Å². The van der Waals surface area contributed by atoms with E-state index in [0.717, 1.165) is 37.2 Å². The van der Waals surface area contributed by atoms with Crippen LogP contribution in [0.15, 0.2) is 30.5 Å². The third kappa shape index (κ3) is 4.35. The number of anilines is 2. The maximum atomic E-state index is 13.4. The number of rotatable bonds is 5. The van der Waals surface area contributed by atoms with Crippen LogP contribution in [0, 0.1) is 17.0 Å². The first kappa shape index (κ1) is 18.3. The average Bonchev–Trinajstić information content (AvgIpc) is 2.60. The number of likely N-dealkylation sites (tertiary alicyclic amines) is 1. The number of pyridine rings is 1. The van der Waals surface area contributed by atoms with E-state index < -0.39 is 11.6 Å². The molecule has 1 atom stereocenters. The van der Waals surface area contributed by atoms with Gasteiger partial charge in [-0.3, -0.25) is 4.90 Å². The summed E-state index contributed by atoms with van der Waals surface area (Å²) in [4.78, 5) is 6.38. The van der Waals surface area contributed by atoms with Crippen LogP contribution >= 0.6 is 0 Å². The van der Waals surface area contributed by atoms with Crippen LogP contribution in [-0.2, 0) is 6.54 Å². The first-order chi connectivity index (χ1) is 12.4. The molecule has 1 aliphatic rings. The molecule has 0 spiro atoms. The Balaban J connectivity index is 1.64. The zero-order valence-corrected chi connectivity index (χ0v) is 14.7. The van der Waals surface area contributed by atoms with Crippen LogP contribution in [0.2, 0.25) is 0 Å². The lowest BCUT2D eigenvalue weighted by Gasteiger charge is -2.33. The standard InChI is InChI=1S/C19H23F2N5/c1-12(22)16-8-15(9-24-19(16)23)25-14-3-2-6-26(11-14)10-13-4-5-17(20)18(21)7-13/h4-5,7-9,14,22,25H,2-3,6,10-11H2,1H3,(H2,23,24). The first-order valence-corrected chi connectivity index (χ1v) is 8.66. The van der Waals surface area contributed by atoms with Crippen molar-refractivity contribution in [3.05, 3.63) is 53.2 Å². The highest BCUT2D eigenvalue weighted by molar-refractivity contribution is 6.00. The molecule has 1 aromatic carbocycles. The fraction of sp³-hybridized carbons (Fsp3) is 0.368. The molecule has 1 fully saturated rings. The largest absolute Gasteiger partial charge is 0.383 e. The van der Waals surface area contributed by atoms with Crippen LogP contribution in [-0.4, -0.2) is 34.7 Å². The monoisotopic (exact) mass is 359 g/mol. The van der Waals surface area contributed by atoms with Crippen LogP contribution in [0.25, 0.3) is 0 Å². The lowest BCUT2D eigenvalue weighted by molar-refractivity contribution is 0.208. The molecule has 0 radical (unpaired) electrons. The van der Waals surface area contributed by atoms with E-state index in [1.807, 2.05) is 6.07 Å². The van der Waals surface area contributed by atoms with E-state index in [2.05, 4.69) is 15.2 Å². The zero-order chi connectivity index (χ0) is 18.7. The number of hydrogen-bond acceptors (Lipinski definition) is 5. The van der Waals surface area contributed by atoms with Gasteiger partial charge in [0.2, 0.25) is 0 Å². The molecular formula is C19H23F2N5. The molecule has 1 aliphatic heterocycles. The van der Waals surface area contributed by atoms with E-state index in [9.17, 15) is 8.78 Å². The number of aromatic nitrogens is 1. The molecule has 0 saturated carbocycles. The lowest BCUT2D eigenvalue weighted by atomic mass is 10.0. The second kappa shape index (κ2) is 7.78. The predicted molar refractivity (Wildman–Crippen MR) is 99.4 cm³/mol. The van der Waals surface area contributed by atoms with E-state index in [1.54, 1.807) is 19.2 Å². The summed E-state index contributed by atoms with van der Waals surface area (Å²) in [6.45, 7) is 3.98. The maximum absolute atomic E-state index is 13.4. The Labute approximate surface area is 151 Å². The highest BCUT2D eigenvalue weighted by atomic mass is 19.2. The van der Waals surface area contributed by atoms with Gasteiger partial charge in [-0.25, -0.2) is 13.8 Å². The van der Waals surface area contributed by atoms with Gasteiger partial charge in [-0.2, -0.15) is 0 Å². The predicted octanol–water partition coefficient (Wildman–Crippen LogP) is 3.41. The van der Waals surface area contributed by atoms with Crippen molar-refractivity contribution in [1.29, 1.82) is 5.41 Å². The summed E-state index contributed by atoms with van der Waals surface area (Å²) in [5.74, 6) is -1.27. The number of nitrogens with two attached hydrogens (primary N) is 1.